The summed E-state index contributed by atoms with van der Waals surface area (Å²) in [5.41, 5.74) is 4.86. The minimum Gasteiger partial charge on any atom is -0.322 e. The Morgan fingerprint density at radius 3 is 2.81 bits per heavy atom. The molecule has 0 bridgehead atoms. The van der Waals surface area contributed by atoms with Crippen molar-refractivity contribution in [1.82, 2.24) is 19.7 Å². The zero-order valence-corrected chi connectivity index (χ0v) is 19.1. The zero-order chi connectivity index (χ0) is 21.4. The van der Waals surface area contributed by atoms with Gasteiger partial charge in [-0.15, -0.1) is 11.3 Å². The van der Waals surface area contributed by atoms with Crippen LogP contribution in [0.1, 0.15) is 34.7 Å². The molecule has 3 heterocycles. The normalized spacial score (nSPS) is 13.4. The van der Waals surface area contributed by atoms with Crippen LogP contribution in [0.4, 0.5) is 5.69 Å². The van der Waals surface area contributed by atoms with Crippen LogP contribution in [0.3, 0.4) is 0 Å². The molecule has 1 aliphatic rings. The molecule has 0 saturated carbocycles. The number of carbonyl (C=O) groups is 1. The van der Waals surface area contributed by atoms with Gasteiger partial charge in [0.2, 0.25) is 5.91 Å². The molecule has 0 radical (unpaired) electrons. The van der Waals surface area contributed by atoms with E-state index in [2.05, 4.69) is 20.4 Å². The molecule has 8 heteroatoms. The highest BCUT2D eigenvalue weighted by Gasteiger charge is 2.21. The first kappa shape index (κ1) is 20.2. The Labute approximate surface area is 189 Å². The summed E-state index contributed by atoms with van der Waals surface area (Å²) >= 11 is 3.27. The summed E-state index contributed by atoms with van der Waals surface area (Å²) in [6.45, 7) is 3.89. The lowest BCUT2D eigenvalue weighted by Crippen LogP contribution is -2.15. The van der Waals surface area contributed by atoms with Crippen molar-refractivity contribution >= 4 is 44.9 Å². The summed E-state index contributed by atoms with van der Waals surface area (Å²) in [6, 6.07) is 9.94. The van der Waals surface area contributed by atoms with Crippen molar-refractivity contribution in [3.05, 3.63) is 58.5 Å². The first-order chi connectivity index (χ1) is 15.1. The van der Waals surface area contributed by atoms with Crippen molar-refractivity contribution in [2.24, 2.45) is 0 Å². The molecule has 0 saturated heterocycles. The smallest absolute Gasteiger partial charge is 0.234 e. The molecule has 3 aromatic heterocycles. The molecule has 0 atom stereocenters. The van der Waals surface area contributed by atoms with Gasteiger partial charge in [0.15, 0.2) is 0 Å². The predicted octanol–water partition coefficient (Wildman–Crippen LogP) is 5.10. The quantitative estimate of drug-likeness (QED) is 0.339. The van der Waals surface area contributed by atoms with Crippen molar-refractivity contribution in [2.75, 3.05) is 11.1 Å². The van der Waals surface area contributed by atoms with Gasteiger partial charge in [0, 0.05) is 10.3 Å². The summed E-state index contributed by atoms with van der Waals surface area (Å²) in [5.74, 6) is 0.242. The van der Waals surface area contributed by atoms with Crippen LogP contribution in [0, 0.1) is 13.8 Å². The second kappa shape index (κ2) is 8.43. The fourth-order valence-corrected chi connectivity index (χ4v) is 6.24. The van der Waals surface area contributed by atoms with Gasteiger partial charge >= 0.3 is 0 Å². The van der Waals surface area contributed by atoms with E-state index in [4.69, 9.17) is 0 Å². The van der Waals surface area contributed by atoms with E-state index in [-0.39, 0.29) is 5.91 Å². The number of amides is 1. The number of nitrogens with zero attached hydrogens (tertiary/aromatic N) is 4. The minimum absolute atomic E-state index is 0.0559. The van der Waals surface area contributed by atoms with Crippen LogP contribution in [0.2, 0.25) is 0 Å². The van der Waals surface area contributed by atoms with E-state index in [9.17, 15) is 4.79 Å². The number of thioether (sulfide) groups is 1. The van der Waals surface area contributed by atoms with Gasteiger partial charge in [-0.2, -0.15) is 5.10 Å². The highest BCUT2D eigenvalue weighted by molar-refractivity contribution is 8.00. The van der Waals surface area contributed by atoms with Crippen LogP contribution < -0.4 is 5.32 Å². The molecule has 1 aliphatic carbocycles. The Bertz CT molecular complexity index is 1260. The lowest BCUT2D eigenvalue weighted by atomic mass is 9.97. The molecule has 6 nitrogen and oxygen atoms in total. The molecule has 1 aromatic carbocycles. The number of para-hydroxylation sites is 1. The number of aryl methyl sites for hydroxylation is 3. The van der Waals surface area contributed by atoms with Gasteiger partial charge in [-0.05, 0) is 57.2 Å². The number of aromatic nitrogens is 4. The van der Waals surface area contributed by atoms with Gasteiger partial charge in [-0.25, -0.2) is 14.6 Å². The highest BCUT2D eigenvalue weighted by Crippen LogP contribution is 2.39. The topological polar surface area (TPSA) is 72.7 Å². The molecule has 1 amide bonds. The van der Waals surface area contributed by atoms with Gasteiger partial charge < -0.3 is 5.32 Å². The fraction of sp³-hybridized carbons (Fsp3) is 0.304. The number of hydrogen-bond acceptors (Lipinski definition) is 6. The van der Waals surface area contributed by atoms with Crippen LogP contribution in [-0.2, 0) is 17.6 Å². The number of benzene rings is 1. The first-order valence-electron chi connectivity index (χ1n) is 10.4. The molecule has 158 valence electrons. The predicted molar refractivity (Wildman–Crippen MR) is 126 cm³/mol. The number of anilines is 1. The Balaban J connectivity index is 1.34. The van der Waals surface area contributed by atoms with Gasteiger partial charge in [0.05, 0.1) is 28.5 Å². The van der Waals surface area contributed by atoms with Gasteiger partial charge in [0.1, 0.15) is 16.2 Å². The third kappa shape index (κ3) is 3.85. The Hall–Kier alpha value is -2.71. The molecule has 0 spiro atoms. The summed E-state index contributed by atoms with van der Waals surface area (Å²) < 4.78 is 1.86. The molecule has 0 aliphatic heterocycles. The third-order valence-electron chi connectivity index (χ3n) is 5.61. The second-order valence-corrected chi connectivity index (χ2v) is 9.75. The van der Waals surface area contributed by atoms with Crippen molar-refractivity contribution in [3.63, 3.8) is 0 Å². The highest BCUT2D eigenvalue weighted by atomic mass is 32.2. The molecule has 4 aromatic rings. The van der Waals surface area contributed by atoms with E-state index < -0.39 is 0 Å². The van der Waals surface area contributed by atoms with Crippen LogP contribution >= 0.6 is 23.1 Å². The number of thiophene rings is 1. The van der Waals surface area contributed by atoms with E-state index in [1.165, 1.54) is 35.0 Å². The van der Waals surface area contributed by atoms with Crippen molar-refractivity contribution < 1.29 is 4.79 Å². The van der Waals surface area contributed by atoms with Crippen LogP contribution in [-0.4, -0.2) is 31.4 Å². The maximum absolute atomic E-state index is 12.8. The molecule has 0 fully saturated rings. The third-order valence-corrected chi connectivity index (χ3v) is 7.80. The van der Waals surface area contributed by atoms with E-state index in [1.54, 1.807) is 17.7 Å². The summed E-state index contributed by atoms with van der Waals surface area (Å²) in [7, 11) is 0. The van der Waals surface area contributed by atoms with Crippen molar-refractivity contribution in [1.29, 1.82) is 0 Å². The second-order valence-electron chi connectivity index (χ2n) is 7.70. The maximum Gasteiger partial charge on any atom is 0.234 e. The van der Waals surface area contributed by atoms with Crippen LogP contribution in [0.15, 0.2) is 41.7 Å². The molecule has 0 unspecified atom stereocenters. The van der Waals surface area contributed by atoms with E-state index in [0.717, 1.165) is 50.8 Å². The average Bonchev–Trinajstić information content (AvgIpc) is 3.31. The lowest BCUT2D eigenvalue weighted by molar-refractivity contribution is -0.113. The summed E-state index contributed by atoms with van der Waals surface area (Å²) in [6.07, 6.45) is 6.28. The summed E-state index contributed by atoms with van der Waals surface area (Å²) in [5, 5.41) is 9.74. The Kier molecular flexibility index (Phi) is 5.50. The number of rotatable bonds is 5. The number of fused-ring (bicyclic) bond motifs is 3. The van der Waals surface area contributed by atoms with E-state index in [0.29, 0.717) is 5.75 Å². The number of nitrogens with one attached hydrogen (secondary N) is 1. The van der Waals surface area contributed by atoms with Crippen molar-refractivity contribution in [2.45, 2.75) is 44.6 Å². The fourth-order valence-electron chi connectivity index (χ4n) is 4.12. The minimum atomic E-state index is -0.0559. The molecule has 5 rings (SSSR count). The first-order valence-corrected chi connectivity index (χ1v) is 12.2. The van der Waals surface area contributed by atoms with Crippen LogP contribution in [0.5, 0.6) is 0 Å². The Morgan fingerprint density at radius 1 is 1.16 bits per heavy atom. The largest absolute Gasteiger partial charge is 0.322 e. The number of hydrogen-bond donors (Lipinski definition) is 1. The SMILES string of the molecule is Cc1nn(-c2ccccc2)c(C)c1NC(=O)CSc1ncnc2sc3c(c12)CCCC3. The zero-order valence-electron chi connectivity index (χ0n) is 17.5. The maximum atomic E-state index is 12.8. The molecular formula is C23H23N5OS2. The average molecular weight is 450 g/mol. The lowest BCUT2D eigenvalue weighted by Gasteiger charge is -2.11. The van der Waals surface area contributed by atoms with Gasteiger partial charge in [0.25, 0.3) is 0 Å². The van der Waals surface area contributed by atoms with Gasteiger partial charge in [-0.1, -0.05) is 30.0 Å². The monoisotopic (exact) mass is 449 g/mol. The standard InChI is InChI=1S/C23H23N5OS2/c1-14-21(15(2)28(27-14)16-8-4-3-5-9-16)26-19(29)12-30-22-20-17-10-6-7-11-18(17)31-23(20)25-13-24-22/h3-5,8-9,13H,6-7,10-12H2,1-2H3,(H,26,29). The van der Waals surface area contributed by atoms with Crippen molar-refractivity contribution in [3.8, 4) is 5.69 Å². The number of carbonyl (C=O) groups excluding carboxylic acids is 1. The molecule has 31 heavy (non-hydrogen) atoms. The van der Waals surface area contributed by atoms with Crippen LogP contribution in [0.25, 0.3) is 15.9 Å². The molecular weight excluding hydrogens is 426 g/mol. The molecule has 1 N–H and O–H groups in total. The van der Waals surface area contributed by atoms with E-state index in [1.807, 2.05) is 48.9 Å². The van der Waals surface area contributed by atoms with E-state index >= 15 is 0 Å². The summed E-state index contributed by atoms with van der Waals surface area (Å²) in [4.78, 5) is 24.3. The van der Waals surface area contributed by atoms with Gasteiger partial charge in [-0.3, -0.25) is 4.79 Å². The Morgan fingerprint density at radius 2 is 1.97 bits per heavy atom.